The van der Waals surface area contributed by atoms with Gasteiger partial charge in [-0.25, -0.2) is 18.0 Å². The molecule has 33 heavy (non-hydrogen) atoms. The van der Waals surface area contributed by atoms with Gasteiger partial charge in [0.2, 0.25) is 10.0 Å². The summed E-state index contributed by atoms with van der Waals surface area (Å²) in [5, 5.41) is 0.781. The number of hydrogen-bond donors (Lipinski definition) is 1. The Morgan fingerprint density at radius 1 is 1.09 bits per heavy atom. The molecule has 1 aromatic heterocycles. The molecule has 1 unspecified atom stereocenters. The van der Waals surface area contributed by atoms with Gasteiger partial charge in [0.05, 0.1) is 4.90 Å². The van der Waals surface area contributed by atoms with E-state index in [1.807, 2.05) is 6.92 Å². The van der Waals surface area contributed by atoms with E-state index in [2.05, 4.69) is 11.6 Å². The number of benzene rings is 2. The third-order valence-electron chi connectivity index (χ3n) is 5.35. The topological polar surface area (TPSA) is 103 Å². The van der Waals surface area contributed by atoms with Crippen LogP contribution in [0.2, 0.25) is 0 Å². The number of aryl methyl sites for hydroxylation is 2. The second kappa shape index (κ2) is 10.3. The second-order valence-corrected chi connectivity index (χ2v) is 10.1. The molecule has 7 nitrogen and oxygen atoms in total. The Bertz CT molecular complexity index is 1290. The maximum absolute atomic E-state index is 12.9. The summed E-state index contributed by atoms with van der Waals surface area (Å²) in [5.41, 5.74) is 1.66. The van der Waals surface area contributed by atoms with Crippen LogP contribution < -0.4 is 15.1 Å². The van der Waals surface area contributed by atoms with Crippen molar-refractivity contribution in [3.8, 4) is 5.75 Å². The fraction of sp³-hybridized carbons (Fsp3) is 0.360. The Labute approximate surface area is 193 Å². The average Bonchev–Trinajstić information content (AvgIpc) is 2.75. The van der Waals surface area contributed by atoms with Crippen LogP contribution in [-0.2, 0) is 21.2 Å². The summed E-state index contributed by atoms with van der Waals surface area (Å²) in [4.78, 5) is 24.9. The van der Waals surface area contributed by atoms with E-state index >= 15 is 0 Å². The van der Waals surface area contributed by atoms with Gasteiger partial charge in [-0.3, -0.25) is 0 Å². The van der Waals surface area contributed by atoms with Crippen molar-refractivity contribution in [3.05, 3.63) is 70.1 Å². The smallest absolute Gasteiger partial charge is 0.336 e. The molecule has 3 aromatic rings. The first-order valence-electron chi connectivity index (χ1n) is 11.0. The van der Waals surface area contributed by atoms with Crippen LogP contribution in [0.3, 0.4) is 0 Å². The van der Waals surface area contributed by atoms with Crippen molar-refractivity contribution in [2.45, 2.75) is 57.9 Å². The molecule has 0 saturated heterocycles. The van der Waals surface area contributed by atoms with Crippen LogP contribution in [-0.4, -0.2) is 20.4 Å². The normalized spacial score (nSPS) is 12.8. The second-order valence-electron chi connectivity index (χ2n) is 8.43. The number of carbonyl (C=O) groups is 1. The van der Waals surface area contributed by atoms with Gasteiger partial charge in [0.1, 0.15) is 17.4 Å². The van der Waals surface area contributed by atoms with E-state index in [0.717, 1.165) is 35.8 Å². The van der Waals surface area contributed by atoms with E-state index in [1.54, 1.807) is 38.1 Å². The Morgan fingerprint density at radius 2 is 1.79 bits per heavy atom. The number of carbonyl (C=O) groups excluding carboxylic acids is 1. The third-order valence-corrected chi connectivity index (χ3v) is 6.81. The van der Waals surface area contributed by atoms with Crippen molar-refractivity contribution in [2.75, 3.05) is 0 Å². The minimum Gasteiger partial charge on any atom is -0.425 e. The lowest BCUT2D eigenvalue weighted by Gasteiger charge is -2.21. The predicted octanol–water partition coefficient (Wildman–Crippen LogP) is 4.35. The Hall–Kier alpha value is -2.97. The van der Waals surface area contributed by atoms with Gasteiger partial charge in [-0.1, -0.05) is 44.9 Å². The van der Waals surface area contributed by atoms with E-state index in [-0.39, 0.29) is 16.6 Å². The number of sulfonamides is 1. The fourth-order valence-electron chi connectivity index (χ4n) is 3.44. The molecule has 0 amide bonds. The lowest BCUT2D eigenvalue weighted by atomic mass is 10.0. The van der Waals surface area contributed by atoms with Crippen LogP contribution in [0, 0.1) is 12.8 Å². The van der Waals surface area contributed by atoms with Crippen LogP contribution >= 0.6 is 0 Å². The standard InChI is InChI=1S/C25H29NO6S/c1-5-6-7-18-14-23(27)32-22-15-19(10-13-21(18)22)31-25(28)24(16(2)3)26-33(29,30)20-11-8-17(4)9-12-20/h8-16,24,26H,5-7H2,1-4H3. The van der Waals surface area contributed by atoms with Crippen molar-refractivity contribution >= 4 is 27.0 Å². The molecule has 176 valence electrons. The van der Waals surface area contributed by atoms with Gasteiger partial charge in [0, 0.05) is 17.5 Å². The van der Waals surface area contributed by atoms with Gasteiger partial charge in [-0.2, -0.15) is 4.72 Å². The predicted molar refractivity (Wildman–Crippen MR) is 127 cm³/mol. The molecule has 0 aliphatic rings. The minimum atomic E-state index is -3.92. The first kappa shape index (κ1) is 24.7. The average molecular weight is 472 g/mol. The summed E-state index contributed by atoms with van der Waals surface area (Å²) in [5.74, 6) is -0.940. The van der Waals surface area contributed by atoms with Gasteiger partial charge >= 0.3 is 11.6 Å². The van der Waals surface area contributed by atoms with Gasteiger partial charge in [0.15, 0.2) is 0 Å². The Balaban J connectivity index is 1.84. The van der Waals surface area contributed by atoms with Gasteiger partial charge in [-0.15, -0.1) is 0 Å². The van der Waals surface area contributed by atoms with Crippen LogP contribution in [0.25, 0.3) is 11.0 Å². The number of nitrogens with one attached hydrogen (secondary N) is 1. The van der Waals surface area contributed by atoms with Crippen molar-refractivity contribution in [3.63, 3.8) is 0 Å². The lowest BCUT2D eigenvalue weighted by molar-refractivity contribution is -0.137. The number of ether oxygens (including phenoxy) is 1. The quantitative estimate of drug-likeness (QED) is 0.283. The molecule has 0 spiro atoms. The zero-order valence-electron chi connectivity index (χ0n) is 19.3. The minimum absolute atomic E-state index is 0.0682. The summed E-state index contributed by atoms with van der Waals surface area (Å²) >= 11 is 0. The number of esters is 1. The van der Waals surface area contributed by atoms with Crippen LogP contribution in [0.1, 0.15) is 44.7 Å². The number of rotatable bonds is 9. The number of hydrogen-bond acceptors (Lipinski definition) is 6. The molecule has 0 saturated carbocycles. The molecule has 0 bridgehead atoms. The molecule has 1 atom stereocenters. The van der Waals surface area contributed by atoms with Crippen molar-refractivity contribution in [2.24, 2.45) is 5.92 Å². The molecule has 0 fully saturated rings. The number of unbranched alkanes of at least 4 members (excludes halogenated alkanes) is 1. The third kappa shape index (κ3) is 6.09. The molecule has 2 aromatic carbocycles. The zero-order valence-corrected chi connectivity index (χ0v) is 20.1. The van der Waals surface area contributed by atoms with Crippen LogP contribution in [0.4, 0.5) is 0 Å². The summed E-state index contributed by atoms with van der Waals surface area (Å²) in [6.07, 6.45) is 2.67. The first-order valence-corrected chi connectivity index (χ1v) is 12.5. The molecular weight excluding hydrogens is 442 g/mol. The summed E-state index contributed by atoms with van der Waals surface area (Å²) in [6, 6.07) is 11.6. The monoisotopic (exact) mass is 471 g/mol. The SMILES string of the molecule is CCCCc1cc(=O)oc2cc(OC(=O)C(NS(=O)(=O)c3ccc(C)cc3)C(C)C)ccc12. The maximum atomic E-state index is 12.9. The van der Waals surface area contributed by atoms with E-state index in [1.165, 1.54) is 24.3 Å². The van der Waals surface area contributed by atoms with Crippen molar-refractivity contribution in [1.29, 1.82) is 0 Å². The summed E-state index contributed by atoms with van der Waals surface area (Å²) in [7, 11) is -3.92. The summed E-state index contributed by atoms with van der Waals surface area (Å²) < 4.78 is 38.8. The van der Waals surface area contributed by atoms with Crippen molar-refractivity contribution < 1.29 is 22.4 Å². The highest BCUT2D eigenvalue weighted by molar-refractivity contribution is 7.89. The first-order chi connectivity index (χ1) is 15.6. The lowest BCUT2D eigenvalue weighted by Crippen LogP contribution is -2.46. The molecule has 1 heterocycles. The molecular formula is C25H29NO6S. The maximum Gasteiger partial charge on any atom is 0.336 e. The van der Waals surface area contributed by atoms with E-state index in [0.29, 0.717) is 5.58 Å². The van der Waals surface area contributed by atoms with E-state index in [4.69, 9.17) is 9.15 Å². The van der Waals surface area contributed by atoms with Crippen LogP contribution in [0.15, 0.2) is 62.6 Å². The van der Waals surface area contributed by atoms with Gasteiger partial charge in [0.25, 0.3) is 0 Å². The van der Waals surface area contributed by atoms with Gasteiger partial charge in [-0.05, 0) is 55.5 Å². The molecule has 0 aliphatic carbocycles. The van der Waals surface area contributed by atoms with Gasteiger partial charge < -0.3 is 9.15 Å². The highest BCUT2D eigenvalue weighted by Crippen LogP contribution is 2.25. The largest absolute Gasteiger partial charge is 0.425 e. The fourth-order valence-corrected chi connectivity index (χ4v) is 4.77. The zero-order chi connectivity index (χ0) is 24.2. The van der Waals surface area contributed by atoms with E-state index in [9.17, 15) is 18.0 Å². The Morgan fingerprint density at radius 3 is 2.42 bits per heavy atom. The molecule has 3 rings (SSSR count). The molecule has 0 radical (unpaired) electrons. The van der Waals surface area contributed by atoms with E-state index < -0.39 is 27.7 Å². The summed E-state index contributed by atoms with van der Waals surface area (Å²) in [6.45, 7) is 7.38. The molecule has 1 N–H and O–H groups in total. The van der Waals surface area contributed by atoms with Crippen molar-refractivity contribution in [1.82, 2.24) is 4.72 Å². The highest BCUT2D eigenvalue weighted by Gasteiger charge is 2.30. The Kier molecular flexibility index (Phi) is 7.71. The molecule has 0 aliphatic heterocycles. The van der Waals surface area contributed by atoms with Crippen LogP contribution in [0.5, 0.6) is 5.75 Å². The molecule has 8 heteroatoms. The number of fused-ring (bicyclic) bond motifs is 1. The highest BCUT2D eigenvalue weighted by atomic mass is 32.2.